The summed E-state index contributed by atoms with van der Waals surface area (Å²) in [7, 11) is 1.49. The summed E-state index contributed by atoms with van der Waals surface area (Å²) < 4.78 is 0. The SMILES string of the molecule is CCCCCCCCCCCCCCCC(=NOC(=O)NC)c1cc(C)ccc1O. The summed E-state index contributed by atoms with van der Waals surface area (Å²) in [6.45, 7) is 4.23. The molecule has 0 aliphatic rings. The minimum absolute atomic E-state index is 0.162. The van der Waals surface area contributed by atoms with Crippen LogP contribution in [0, 0.1) is 6.92 Å². The first-order chi connectivity index (χ1) is 14.6. The number of hydrogen-bond acceptors (Lipinski definition) is 4. The maximum atomic E-state index is 11.4. The third-order valence-corrected chi connectivity index (χ3v) is 5.42. The van der Waals surface area contributed by atoms with Crippen molar-refractivity contribution >= 4 is 11.8 Å². The Kier molecular flexibility index (Phi) is 14.5. The van der Waals surface area contributed by atoms with Crippen LogP contribution in [0.3, 0.4) is 0 Å². The van der Waals surface area contributed by atoms with Crippen molar-refractivity contribution in [3.63, 3.8) is 0 Å². The number of benzene rings is 1. The molecule has 30 heavy (non-hydrogen) atoms. The fraction of sp³-hybridized carbons (Fsp3) is 0.680. The lowest BCUT2D eigenvalue weighted by molar-refractivity contribution is 0.153. The lowest BCUT2D eigenvalue weighted by Gasteiger charge is -2.09. The smallest absolute Gasteiger partial charge is 0.433 e. The molecule has 0 heterocycles. The second-order valence-electron chi connectivity index (χ2n) is 8.18. The van der Waals surface area contributed by atoms with Gasteiger partial charge in [0.05, 0.1) is 5.71 Å². The van der Waals surface area contributed by atoms with Gasteiger partial charge in [0, 0.05) is 12.6 Å². The molecular weight excluding hydrogens is 376 g/mol. The van der Waals surface area contributed by atoms with E-state index in [1.54, 1.807) is 6.07 Å². The van der Waals surface area contributed by atoms with E-state index in [9.17, 15) is 9.90 Å². The molecule has 1 rings (SSSR count). The number of carbonyl (C=O) groups is 1. The third-order valence-electron chi connectivity index (χ3n) is 5.42. The van der Waals surface area contributed by atoms with Crippen molar-refractivity contribution in [2.24, 2.45) is 5.16 Å². The van der Waals surface area contributed by atoms with E-state index in [0.29, 0.717) is 17.7 Å². The number of oxime groups is 1. The molecule has 0 saturated heterocycles. The summed E-state index contributed by atoms with van der Waals surface area (Å²) >= 11 is 0. The molecule has 0 aromatic heterocycles. The molecule has 5 nitrogen and oxygen atoms in total. The van der Waals surface area contributed by atoms with Crippen molar-refractivity contribution in [1.29, 1.82) is 0 Å². The molecule has 0 aliphatic carbocycles. The van der Waals surface area contributed by atoms with Crippen molar-refractivity contribution in [3.05, 3.63) is 29.3 Å². The molecule has 0 aliphatic heterocycles. The number of nitrogens with one attached hydrogen (secondary N) is 1. The second-order valence-corrected chi connectivity index (χ2v) is 8.18. The monoisotopic (exact) mass is 418 g/mol. The van der Waals surface area contributed by atoms with E-state index in [4.69, 9.17) is 4.84 Å². The van der Waals surface area contributed by atoms with Crippen LogP contribution >= 0.6 is 0 Å². The number of carbonyl (C=O) groups excluding carboxylic acids is 1. The molecule has 0 unspecified atom stereocenters. The van der Waals surface area contributed by atoms with Crippen LogP contribution in [0.25, 0.3) is 0 Å². The van der Waals surface area contributed by atoms with E-state index >= 15 is 0 Å². The van der Waals surface area contributed by atoms with Crippen LogP contribution in [-0.4, -0.2) is 24.0 Å². The minimum Gasteiger partial charge on any atom is -0.507 e. The number of aryl methyl sites for hydroxylation is 1. The van der Waals surface area contributed by atoms with Gasteiger partial charge in [0.1, 0.15) is 5.75 Å². The van der Waals surface area contributed by atoms with Crippen LogP contribution in [0.1, 0.15) is 108 Å². The Morgan fingerprint density at radius 2 is 1.47 bits per heavy atom. The van der Waals surface area contributed by atoms with E-state index in [0.717, 1.165) is 18.4 Å². The quantitative estimate of drug-likeness (QED) is 0.129. The molecule has 1 amide bonds. The van der Waals surface area contributed by atoms with Gasteiger partial charge in [-0.15, -0.1) is 0 Å². The van der Waals surface area contributed by atoms with E-state index in [2.05, 4.69) is 17.4 Å². The Morgan fingerprint density at radius 1 is 0.933 bits per heavy atom. The highest BCUT2D eigenvalue weighted by molar-refractivity contribution is 6.02. The molecule has 170 valence electrons. The van der Waals surface area contributed by atoms with Gasteiger partial charge in [-0.05, 0) is 31.9 Å². The van der Waals surface area contributed by atoms with E-state index < -0.39 is 6.09 Å². The van der Waals surface area contributed by atoms with Gasteiger partial charge in [-0.3, -0.25) is 4.84 Å². The summed E-state index contributed by atoms with van der Waals surface area (Å²) in [5.74, 6) is 0.162. The highest BCUT2D eigenvalue weighted by Crippen LogP contribution is 2.22. The number of hydrogen-bond donors (Lipinski definition) is 2. The lowest BCUT2D eigenvalue weighted by Crippen LogP contribution is -2.18. The van der Waals surface area contributed by atoms with E-state index in [-0.39, 0.29) is 5.75 Å². The molecule has 1 aromatic rings. The molecule has 0 radical (unpaired) electrons. The molecule has 0 fully saturated rings. The Hall–Kier alpha value is -2.04. The molecule has 1 aromatic carbocycles. The second kappa shape index (κ2) is 16.7. The van der Waals surface area contributed by atoms with Crippen LogP contribution in [0.15, 0.2) is 23.4 Å². The first-order valence-electron chi connectivity index (χ1n) is 11.8. The number of nitrogens with zero attached hydrogens (tertiary/aromatic N) is 1. The summed E-state index contributed by atoms with van der Waals surface area (Å²) in [5, 5.41) is 16.6. The van der Waals surface area contributed by atoms with Crippen molar-refractivity contribution in [2.45, 2.75) is 104 Å². The number of amides is 1. The van der Waals surface area contributed by atoms with Gasteiger partial charge < -0.3 is 10.4 Å². The molecule has 0 spiro atoms. The first-order valence-corrected chi connectivity index (χ1v) is 11.8. The van der Waals surface area contributed by atoms with Gasteiger partial charge >= 0.3 is 6.09 Å². The molecule has 0 atom stereocenters. The van der Waals surface area contributed by atoms with Crippen molar-refractivity contribution in [3.8, 4) is 5.75 Å². The van der Waals surface area contributed by atoms with Crippen molar-refractivity contribution < 1.29 is 14.7 Å². The molecule has 2 N–H and O–H groups in total. The first kappa shape index (κ1) is 26.0. The van der Waals surface area contributed by atoms with Gasteiger partial charge in [0.25, 0.3) is 0 Å². The maximum Gasteiger partial charge on any atom is 0.433 e. The summed E-state index contributed by atoms with van der Waals surface area (Å²) in [6, 6.07) is 5.38. The predicted molar refractivity (Wildman–Crippen MR) is 125 cm³/mol. The average molecular weight is 419 g/mol. The Morgan fingerprint density at radius 3 is 2.00 bits per heavy atom. The minimum atomic E-state index is -0.606. The largest absolute Gasteiger partial charge is 0.507 e. The van der Waals surface area contributed by atoms with Crippen molar-refractivity contribution in [2.75, 3.05) is 7.05 Å². The number of aromatic hydroxyl groups is 1. The number of phenolic OH excluding ortho intramolecular Hbond substituents is 1. The fourth-order valence-electron chi connectivity index (χ4n) is 3.56. The highest BCUT2D eigenvalue weighted by Gasteiger charge is 2.11. The van der Waals surface area contributed by atoms with Crippen molar-refractivity contribution in [1.82, 2.24) is 5.32 Å². The highest BCUT2D eigenvalue weighted by atomic mass is 16.7. The number of unbranched alkanes of at least 4 members (excludes halogenated alkanes) is 12. The van der Waals surface area contributed by atoms with Gasteiger partial charge in [-0.1, -0.05) is 101 Å². The number of phenols is 1. The van der Waals surface area contributed by atoms with Crippen LogP contribution in [-0.2, 0) is 4.84 Å². The van der Waals surface area contributed by atoms with Gasteiger partial charge in [-0.25, -0.2) is 4.79 Å². The Labute approximate surface area is 183 Å². The van der Waals surface area contributed by atoms with E-state index in [1.165, 1.54) is 77.7 Å². The zero-order valence-electron chi connectivity index (χ0n) is 19.3. The summed E-state index contributed by atoms with van der Waals surface area (Å²) in [6.07, 6.45) is 16.9. The standard InChI is InChI=1S/C25H42N2O3/c1-4-5-6-7-8-9-10-11-12-13-14-15-16-17-23(27-30-25(29)26-3)22-20-21(2)18-19-24(22)28/h18-20,28H,4-17H2,1-3H3,(H,26,29). The molecule has 5 heteroatoms. The number of rotatable bonds is 16. The summed E-state index contributed by atoms with van der Waals surface area (Å²) in [4.78, 5) is 16.3. The lowest BCUT2D eigenvalue weighted by atomic mass is 10.00. The fourth-order valence-corrected chi connectivity index (χ4v) is 3.56. The average Bonchev–Trinajstić information content (AvgIpc) is 2.75. The normalized spacial score (nSPS) is 11.5. The molecular formula is C25H42N2O3. The molecule has 0 bridgehead atoms. The Balaban J connectivity index is 2.28. The zero-order chi connectivity index (χ0) is 22.0. The van der Waals surface area contributed by atoms with Gasteiger partial charge in [0.2, 0.25) is 0 Å². The van der Waals surface area contributed by atoms with Crippen LogP contribution in [0.4, 0.5) is 4.79 Å². The topological polar surface area (TPSA) is 70.9 Å². The third kappa shape index (κ3) is 11.8. The predicted octanol–water partition coefficient (Wildman–Crippen LogP) is 7.24. The van der Waals surface area contributed by atoms with Gasteiger partial charge in [0.15, 0.2) is 0 Å². The van der Waals surface area contributed by atoms with Crippen LogP contribution in [0.2, 0.25) is 0 Å². The van der Waals surface area contributed by atoms with Gasteiger partial charge in [-0.2, -0.15) is 0 Å². The summed E-state index contributed by atoms with van der Waals surface area (Å²) in [5.41, 5.74) is 2.28. The van der Waals surface area contributed by atoms with E-state index in [1.807, 2.05) is 19.1 Å². The Bertz CT molecular complexity index is 629. The van der Waals surface area contributed by atoms with Crippen LogP contribution < -0.4 is 5.32 Å². The van der Waals surface area contributed by atoms with Crippen LogP contribution in [0.5, 0.6) is 5.75 Å². The maximum absolute atomic E-state index is 11.4. The zero-order valence-corrected chi connectivity index (χ0v) is 19.3. The molecule has 0 saturated carbocycles.